The van der Waals surface area contributed by atoms with Crippen LogP contribution in [0, 0.1) is 0 Å². The van der Waals surface area contributed by atoms with E-state index in [0.29, 0.717) is 0 Å². The molecule has 2 aliphatic heterocycles. The Bertz CT molecular complexity index is 709. The van der Waals surface area contributed by atoms with Crippen molar-refractivity contribution in [3.05, 3.63) is 66.7 Å². The van der Waals surface area contributed by atoms with Crippen molar-refractivity contribution < 1.29 is 4.74 Å². The van der Waals surface area contributed by atoms with E-state index < -0.39 is 0 Å². The van der Waals surface area contributed by atoms with E-state index in [9.17, 15) is 0 Å². The minimum Gasteiger partial charge on any atom is -0.437 e. The third-order valence-corrected chi connectivity index (χ3v) is 3.59. The monoisotopic (exact) mass is 277 g/mol. The summed E-state index contributed by atoms with van der Waals surface area (Å²) in [7, 11) is 0. The van der Waals surface area contributed by atoms with Crippen LogP contribution in [0.5, 0.6) is 5.75 Å². The molecular weight excluding hydrogens is 262 g/mol. The molecule has 4 heteroatoms. The molecule has 2 aliphatic rings. The molecule has 21 heavy (non-hydrogen) atoms. The zero-order chi connectivity index (χ0) is 14.1. The quantitative estimate of drug-likeness (QED) is 0.842. The Morgan fingerprint density at radius 1 is 0.952 bits per heavy atom. The summed E-state index contributed by atoms with van der Waals surface area (Å²) < 4.78 is 6.02. The van der Waals surface area contributed by atoms with E-state index >= 15 is 0 Å². The van der Waals surface area contributed by atoms with E-state index in [-0.39, 0.29) is 0 Å². The summed E-state index contributed by atoms with van der Waals surface area (Å²) in [5.74, 6) is 1.66. The first-order valence-electron chi connectivity index (χ1n) is 7.01. The number of benzene rings is 2. The maximum absolute atomic E-state index is 6.02. The van der Waals surface area contributed by atoms with Gasteiger partial charge in [0.05, 0.1) is 24.8 Å². The lowest BCUT2D eigenvalue weighted by atomic mass is 10.2. The highest BCUT2D eigenvalue weighted by Gasteiger charge is 2.23. The highest BCUT2D eigenvalue weighted by molar-refractivity contribution is 5.74. The lowest BCUT2D eigenvalue weighted by Crippen LogP contribution is -2.28. The number of rotatable bonds is 2. The standard InChI is InChI=1S/C17H15N3O/c1-2-6-14(7-3-1)20-12-17(19-11-10-18-13-19)21-16-9-5-4-8-15(16)20/h1-9,12-13H,10-11H2. The number of para-hydroxylation sites is 3. The third-order valence-electron chi connectivity index (χ3n) is 3.59. The van der Waals surface area contributed by atoms with Crippen LogP contribution in [-0.4, -0.2) is 24.3 Å². The highest BCUT2D eigenvalue weighted by atomic mass is 16.5. The molecule has 2 aromatic carbocycles. The fourth-order valence-corrected chi connectivity index (χ4v) is 2.54. The molecule has 0 atom stereocenters. The van der Waals surface area contributed by atoms with Crippen molar-refractivity contribution in [2.75, 3.05) is 18.0 Å². The number of fused-ring (bicyclic) bond motifs is 1. The number of anilines is 2. The van der Waals surface area contributed by atoms with E-state index in [4.69, 9.17) is 4.74 Å². The van der Waals surface area contributed by atoms with Crippen LogP contribution in [0.15, 0.2) is 71.7 Å². The topological polar surface area (TPSA) is 28.1 Å². The largest absolute Gasteiger partial charge is 0.437 e. The normalized spacial score (nSPS) is 16.5. The Hall–Kier alpha value is -2.75. The van der Waals surface area contributed by atoms with Gasteiger partial charge in [0, 0.05) is 12.2 Å². The van der Waals surface area contributed by atoms with Crippen LogP contribution in [0.2, 0.25) is 0 Å². The fourth-order valence-electron chi connectivity index (χ4n) is 2.54. The molecular formula is C17H15N3O. The van der Waals surface area contributed by atoms with Crippen molar-refractivity contribution in [1.82, 2.24) is 4.90 Å². The van der Waals surface area contributed by atoms with Crippen LogP contribution in [0.3, 0.4) is 0 Å². The second kappa shape index (κ2) is 4.98. The number of nitrogens with zero attached hydrogens (tertiary/aromatic N) is 3. The molecule has 0 unspecified atom stereocenters. The summed E-state index contributed by atoms with van der Waals surface area (Å²) in [6.07, 6.45) is 3.86. The van der Waals surface area contributed by atoms with Gasteiger partial charge >= 0.3 is 0 Å². The first-order valence-corrected chi connectivity index (χ1v) is 7.01. The SMILES string of the molecule is C1=NCCN1C1=CN(c2ccccc2)c2ccccc2O1. The zero-order valence-corrected chi connectivity index (χ0v) is 11.5. The number of ether oxygens (including phenoxy) is 1. The van der Waals surface area contributed by atoms with Crippen molar-refractivity contribution in [3.63, 3.8) is 0 Å². The first-order chi connectivity index (χ1) is 10.4. The predicted molar refractivity (Wildman–Crippen MR) is 83.8 cm³/mol. The van der Waals surface area contributed by atoms with Gasteiger partial charge in [0.25, 0.3) is 0 Å². The van der Waals surface area contributed by atoms with Crippen LogP contribution in [-0.2, 0) is 0 Å². The van der Waals surface area contributed by atoms with Gasteiger partial charge in [0.2, 0.25) is 5.88 Å². The Morgan fingerprint density at radius 2 is 1.76 bits per heavy atom. The average molecular weight is 277 g/mol. The smallest absolute Gasteiger partial charge is 0.218 e. The van der Waals surface area contributed by atoms with Crippen LogP contribution >= 0.6 is 0 Å². The highest BCUT2D eigenvalue weighted by Crippen LogP contribution is 2.39. The van der Waals surface area contributed by atoms with E-state index in [1.165, 1.54) is 0 Å². The molecule has 2 aromatic rings. The Morgan fingerprint density at radius 3 is 2.57 bits per heavy atom. The van der Waals surface area contributed by atoms with Gasteiger partial charge in [-0.3, -0.25) is 4.99 Å². The third kappa shape index (κ3) is 2.14. The van der Waals surface area contributed by atoms with Gasteiger partial charge in [-0.05, 0) is 24.3 Å². The van der Waals surface area contributed by atoms with E-state index in [2.05, 4.69) is 28.1 Å². The van der Waals surface area contributed by atoms with Gasteiger partial charge in [0.15, 0.2) is 5.75 Å². The minimum atomic E-state index is 0.804. The lowest BCUT2D eigenvalue weighted by Gasteiger charge is -2.31. The number of hydrogen-bond acceptors (Lipinski definition) is 4. The molecule has 4 rings (SSSR count). The van der Waals surface area contributed by atoms with Crippen molar-refractivity contribution in [2.24, 2.45) is 4.99 Å². The molecule has 4 nitrogen and oxygen atoms in total. The summed E-state index contributed by atoms with van der Waals surface area (Å²) in [4.78, 5) is 8.44. The van der Waals surface area contributed by atoms with E-state index in [1.807, 2.05) is 53.8 Å². The number of hydrogen-bond donors (Lipinski definition) is 0. The first kappa shape index (κ1) is 12.0. The summed E-state index contributed by atoms with van der Waals surface area (Å²) in [6.45, 7) is 1.67. The van der Waals surface area contributed by atoms with E-state index in [1.54, 1.807) is 0 Å². The molecule has 0 N–H and O–H groups in total. The second-order valence-corrected chi connectivity index (χ2v) is 4.96. The van der Waals surface area contributed by atoms with Crippen LogP contribution in [0.1, 0.15) is 0 Å². The predicted octanol–water partition coefficient (Wildman–Crippen LogP) is 3.36. The molecule has 0 fully saturated rings. The minimum absolute atomic E-state index is 0.804. The van der Waals surface area contributed by atoms with Gasteiger partial charge in [0.1, 0.15) is 0 Å². The summed E-state index contributed by atoms with van der Waals surface area (Å²) in [5, 5.41) is 0. The lowest BCUT2D eigenvalue weighted by molar-refractivity contribution is 0.302. The summed E-state index contributed by atoms with van der Waals surface area (Å²) in [6, 6.07) is 18.4. The molecule has 0 saturated carbocycles. The van der Waals surface area contributed by atoms with Gasteiger partial charge in [-0.15, -0.1) is 0 Å². The Kier molecular flexibility index (Phi) is 2.85. The van der Waals surface area contributed by atoms with Gasteiger partial charge in [-0.1, -0.05) is 30.3 Å². The average Bonchev–Trinajstić information content (AvgIpc) is 3.09. The zero-order valence-electron chi connectivity index (χ0n) is 11.5. The van der Waals surface area contributed by atoms with Crippen LogP contribution < -0.4 is 9.64 Å². The maximum Gasteiger partial charge on any atom is 0.218 e. The van der Waals surface area contributed by atoms with E-state index in [0.717, 1.165) is 36.1 Å². The fraction of sp³-hybridized carbons (Fsp3) is 0.118. The molecule has 0 bridgehead atoms. The van der Waals surface area contributed by atoms with Crippen molar-refractivity contribution in [3.8, 4) is 5.75 Å². The van der Waals surface area contributed by atoms with Crippen molar-refractivity contribution in [2.45, 2.75) is 0 Å². The van der Waals surface area contributed by atoms with Gasteiger partial charge in [-0.2, -0.15) is 0 Å². The Balaban J connectivity index is 1.80. The van der Waals surface area contributed by atoms with Gasteiger partial charge in [-0.25, -0.2) is 0 Å². The van der Waals surface area contributed by atoms with Crippen LogP contribution in [0.25, 0.3) is 0 Å². The molecule has 0 amide bonds. The van der Waals surface area contributed by atoms with Crippen molar-refractivity contribution in [1.29, 1.82) is 0 Å². The summed E-state index contributed by atoms with van der Waals surface area (Å²) in [5.41, 5.74) is 2.16. The Labute approximate surface area is 123 Å². The molecule has 2 heterocycles. The molecule has 0 saturated heterocycles. The molecule has 0 spiro atoms. The summed E-state index contributed by atoms with van der Waals surface area (Å²) >= 11 is 0. The molecule has 0 aromatic heterocycles. The van der Waals surface area contributed by atoms with Gasteiger partial charge < -0.3 is 14.5 Å². The van der Waals surface area contributed by atoms with Crippen LogP contribution in [0.4, 0.5) is 11.4 Å². The molecule has 104 valence electrons. The number of aliphatic imine (C=N–C) groups is 1. The second-order valence-electron chi connectivity index (χ2n) is 4.96. The maximum atomic E-state index is 6.02. The molecule has 0 aliphatic carbocycles. The molecule has 0 radical (unpaired) electrons. The van der Waals surface area contributed by atoms with Crippen molar-refractivity contribution >= 4 is 17.7 Å².